The summed E-state index contributed by atoms with van der Waals surface area (Å²) in [6, 6.07) is 0.747. The number of rotatable bonds is 2. The van der Waals surface area contributed by atoms with E-state index in [4.69, 9.17) is 4.52 Å². The number of hydrogen-bond acceptors (Lipinski definition) is 4. The molecule has 2 fully saturated rings. The molecule has 0 N–H and O–H groups in total. The normalized spacial score (nSPS) is 22.8. The third kappa shape index (κ3) is 1.73. The van der Waals surface area contributed by atoms with Crippen LogP contribution >= 0.6 is 0 Å². The van der Waals surface area contributed by atoms with Gasteiger partial charge in [0, 0.05) is 19.0 Å². The molecule has 82 valence electrons. The molecule has 0 bridgehead atoms. The Balaban J connectivity index is 1.71. The molecule has 0 atom stereocenters. The summed E-state index contributed by atoms with van der Waals surface area (Å²) in [6.45, 7) is 2.15. The van der Waals surface area contributed by atoms with Gasteiger partial charge >= 0.3 is 6.01 Å². The number of anilines is 1. The Kier molecular flexibility index (Phi) is 2.35. The van der Waals surface area contributed by atoms with Gasteiger partial charge in [-0.05, 0) is 32.1 Å². The van der Waals surface area contributed by atoms with Crippen LogP contribution in [-0.4, -0.2) is 23.2 Å². The van der Waals surface area contributed by atoms with Crippen molar-refractivity contribution in [1.29, 1.82) is 0 Å². The van der Waals surface area contributed by atoms with Crippen LogP contribution in [0.2, 0.25) is 0 Å². The fraction of sp³-hybridized carbons (Fsp3) is 0.818. The second kappa shape index (κ2) is 3.83. The first-order valence-electron chi connectivity index (χ1n) is 6.02. The SMILES string of the molecule is C1CCN(c2nc(C3CCC3)no2)CC1. The van der Waals surface area contributed by atoms with Crippen molar-refractivity contribution in [2.24, 2.45) is 0 Å². The van der Waals surface area contributed by atoms with E-state index in [1.54, 1.807) is 0 Å². The lowest BCUT2D eigenvalue weighted by Crippen LogP contribution is -2.29. The highest BCUT2D eigenvalue weighted by molar-refractivity contribution is 5.26. The molecule has 1 aliphatic carbocycles. The molecule has 0 radical (unpaired) electrons. The summed E-state index contributed by atoms with van der Waals surface area (Å²) in [5.41, 5.74) is 0. The minimum atomic E-state index is 0.576. The Bertz CT molecular complexity index is 326. The quantitative estimate of drug-likeness (QED) is 0.746. The molecule has 2 heterocycles. The van der Waals surface area contributed by atoms with Crippen LogP contribution in [0.1, 0.15) is 50.3 Å². The molecular formula is C11H17N3O. The van der Waals surface area contributed by atoms with Gasteiger partial charge in [-0.15, -0.1) is 0 Å². The first-order chi connectivity index (χ1) is 7.43. The predicted octanol–water partition coefficient (Wildman–Crippen LogP) is 2.33. The van der Waals surface area contributed by atoms with Gasteiger partial charge < -0.3 is 9.42 Å². The summed E-state index contributed by atoms with van der Waals surface area (Å²) in [5, 5.41) is 4.09. The fourth-order valence-electron chi connectivity index (χ4n) is 2.27. The molecule has 15 heavy (non-hydrogen) atoms. The van der Waals surface area contributed by atoms with E-state index in [1.165, 1.54) is 38.5 Å². The van der Waals surface area contributed by atoms with Gasteiger partial charge in [-0.1, -0.05) is 11.6 Å². The van der Waals surface area contributed by atoms with E-state index in [9.17, 15) is 0 Å². The summed E-state index contributed by atoms with van der Waals surface area (Å²) >= 11 is 0. The Hall–Kier alpha value is -1.06. The topological polar surface area (TPSA) is 42.2 Å². The molecule has 1 aromatic rings. The zero-order valence-corrected chi connectivity index (χ0v) is 8.98. The van der Waals surface area contributed by atoms with Gasteiger partial charge in [0.25, 0.3) is 0 Å². The summed E-state index contributed by atoms with van der Waals surface area (Å²) in [5.74, 6) is 1.51. The van der Waals surface area contributed by atoms with Crippen molar-refractivity contribution in [3.63, 3.8) is 0 Å². The standard InChI is InChI=1S/C11H17N3O/c1-2-7-14(8-3-1)11-12-10(13-15-11)9-5-4-6-9/h9H,1-8H2. The van der Waals surface area contributed by atoms with E-state index in [2.05, 4.69) is 15.0 Å². The second-order valence-corrected chi connectivity index (χ2v) is 4.61. The van der Waals surface area contributed by atoms with Crippen LogP contribution in [0.3, 0.4) is 0 Å². The van der Waals surface area contributed by atoms with Crippen molar-refractivity contribution in [2.45, 2.75) is 44.4 Å². The molecule has 0 spiro atoms. The summed E-state index contributed by atoms with van der Waals surface area (Å²) in [6.07, 6.45) is 7.62. The van der Waals surface area contributed by atoms with Crippen LogP contribution in [0.5, 0.6) is 0 Å². The lowest BCUT2D eigenvalue weighted by molar-refractivity contribution is 0.359. The van der Waals surface area contributed by atoms with Gasteiger partial charge in [0.15, 0.2) is 5.82 Å². The Morgan fingerprint density at radius 3 is 2.53 bits per heavy atom. The first kappa shape index (κ1) is 9.19. The maximum absolute atomic E-state index is 5.33. The van der Waals surface area contributed by atoms with Gasteiger partial charge in [0.05, 0.1) is 0 Å². The second-order valence-electron chi connectivity index (χ2n) is 4.61. The van der Waals surface area contributed by atoms with Crippen molar-refractivity contribution in [1.82, 2.24) is 10.1 Å². The van der Waals surface area contributed by atoms with E-state index in [1.807, 2.05) is 0 Å². The molecule has 4 nitrogen and oxygen atoms in total. The number of nitrogens with zero attached hydrogens (tertiary/aromatic N) is 3. The van der Waals surface area contributed by atoms with Gasteiger partial charge in [0.1, 0.15) is 0 Å². The predicted molar refractivity (Wildman–Crippen MR) is 57.0 cm³/mol. The Labute approximate surface area is 89.6 Å². The maximum atomic E-state index is 5.33. The number of hydrogen-bond donors (Lipinski definition) is 0. The summed E-state index contributed by atoms with van der Waals surface area (Å²) < 4.78 is 5.33. The van der Waals surface area contributed by atoms with Crippen molar-refractivity contribution >= 4 is 6.01 Å². The van der Waals surface area contributed by atoms with Crippen LogP contribution in [0.15, 0.2) is 4.52 Å². The van der Waals surface area contributed by atoms with E-state index < -0.39 is 0 Å². The highest BCUT2D eigenvalue weighted by Gasteiger charge is 2.26. The fourth-order valence-corrected chi connectivity index (χ4v) is 2.27. The largest absolute Gasteiger partial charge is 0.324 e. The smallest absolute Gasteiger partial charge is 0.324 e. The summed E-state index contributed by atoms with van der Waals surface area (Å²) in [7, 11) is 0. The molecule has 2 aliphatic rings. The molecule has 0 amide bonds. The lowest BCUT2D eigenvalue weighted by Gasteiger charge is -2.24. The lowest BCUT2D eigenvalue weighted by atomic mass is 9.85. The molecule has 3 rings (SSSR count). The Morgan fingerprint density at radius 2 is 1.87 bits per heavy atom. The van der Waals surface area contributed by atoms with Crippen LogP contribution < -0.4 is 4.90 Å². The highest BCUT2D eigenvalue weighted by Crippen LogP contribution is 2.35. The van der Waals surface area contributed by atoms with Gasteiger partial charge in [-0.3, -0.25) is 0 Å². The minimum absolute atomic E-state index is 0.576. The van der Waals surface area contributed by atoms with E-state index in [0.29, 0.717) is 5.92 Å². The molecule has 1 aliphatic heterocycles. The Morgan fingerprint density at radius 1 is 1.07 bits per heavy atom. The number of piperidine rings is 1. The van der Waals surface area contributed by atoms with Crippen molar-refractivity contribution in [3.8, 4) is 0 Å². The van der Waals surface area contributed by atoms with Crippen LogP contribution in [0, 0.1) is 0 Å². The average Bonchev–Trinajstić information content (AvgIpc) is 2.66. The third-order valence-electron chi connectivity index (χ3n) is 3.53. The maximum Gasteiger partial charge on any atom is 0.324 e. The monoisotopic (exact) mass is 207 g/mol. The van der Waals surface area contributed by atoms with Crippen molar-refractivity contribution in [3.05, 3.63) is 5.82 Å². The minimum Gasteiger partial charge on any atom is -0.324 e. The van der Waals surface area contributed by atoms with Crippen molar-refractivity contribution < 1.29 is 4.52 Å². The van der Waals surface area contributed by atoms with Gasteiger partial charge in [-0.25, -0.2) is 0 Å². The molecule has 1 aromatic heterocycles. The van der Waals surface area contributed by atoms with Crippen LogP contribution in [0.4, 0.5) is 6.01 Å². The van der Waals surface area contributed by atoms with Gasteiger partial charge in [0.2, 0.25) is 0 Å². The van der Waals surface area contributed by atoms with E-state index in [0.717, 1.165) is 24.9 Å². The van der Waals surface area contributed by atoms with E-state index in [-0.39, 0.29) is 0 Å². The van der Waals surface area contributed by atoms with Crippen molar-refractivity contribution in [2.75, 3.05) is 18.0 Å². The molecule has 1 saturated heterocycles. The van der Waals surface area contributed by atoms with E-state index >= 15 is 0 Å². The zero-order chi connectivity index (χ0) is 10.1. The van der Waals surface area contributed by atoms with Gasteiger partial charge in [-0.2, -0.15) is 4.98 Å². The summed E-state index contributed by atoms with van der Waals surface area (Å²) in [4.78, 5) is 6.72. The molecule has 4 heteroatoms. The van der Waals surface area contributed by atoms with Crippen LogP contribution in [-0.2, 0) is 0 Å². The number of aromatic nitrogens is 2. The molecule has 0 unspecified atom stereocenters. The highest BCUT2D eigenvalue weighted by atomic mass is 16.5. The molecule has 0 aromatic carbocycles. The third-order valence-corrected chi connectivity index (χ3v) is 3.53. The first-order valence-corrected chi connectivity index (χ1v) is 6.02. The molecular weight excluding hydrogens is 190 g/mol. The average molecular weight is 207 g/mol. The van der Waals surface area contributed by atoms with Crippen LogP contribution in [0.25, 0.3) is 0 Å². The zero-order valence-electron chi connectivity index (χ0n) is 8.98. The molecule has 1 saturated carbocycles.